The molecule has 0 bridgehead atoms. The molecule has 2 N–H and O–H groups in total. The van der Waals surface area contributed by atoms with Crippen molar-refractivity contribution in [3.8, 4) is 0 Å². The van der Waals surface area contributed by atoms with Gasteiger partial charge in [-0.3, -0.25) is 9.59 Å². The van der Waals surface area contributed by atoms with Gasteiger partial charge in [-0.1, -0.05) is 23.7 Å². The van der Waals surface area contributed by atoms with Gasteiger partial charge in [0.05, 0.1) is 22.8 Å². The van der Waals surface area contributed by atoms with Gasteiger partial charge in [0.1, 0.15) is 5.00 Å². The minimum absolute atomic E-state index is 0.0639. The molecule has 0 saturated heterocycles. The van der Waals surface area contributed by atoms with Crippen LogP contribution in [0.25, 0.3) is 0 Å². The fourth-order valence-electron chi connectivity index (χ4n) is 2.38. The highest BCUT2D eigenvalue weighted by Gasteiger charge is 2.22. The molecule has 0 atom stereocenters. The third-order valence-electron chi connectivity index (χ3n) is 3.87. The number of hydrogen-bond acceptors (Lipinski definition) is 5. The summed E-state index contributed by atoms with van der Waals surface area (Å²) < 4.78 is 5.06. The summed E-state index contributed by atoms with van der Waals surface area (Å²) in [7, 11) is 0. The summed E-state index contributed by atoms with van der Waals surface area (Å²) in [5, 5.41) is 6.21. The smallest absolute Gasteiger partial charge is 0.341 e. The lowest BCUT2D eigenvalue weighted by atomic mass is 10.1. The van der Waals surface area contributed by atoms with Crippen LogP contribution in [0.1, 0.15) is 44.5 Å². The number of aryl methyl sites for hydroxylation is 1. The van der Waals surface area contributed by atoms with Gasteiger partial charge in [0.15, 0.2) is 0 Å². The van der Waals surface area contributed by atoms with Crippen LogP contribution in [0, 0.1) is 13.8 Å². The lowest BCUT2D eigenvalue weighted by Crippen LogP contribution is -2.28. The van der Waals surface area contributed by atoms with Crippen LogP contribution in [0.3, 0.4) is 0 Å². The predicted molar refractivity (Wildman–Crippen MR) is 107 cm³/mol. The second-order valence-corrected chi connectivity index (χ2v) is 7.37. The highest BCUT2D eigenvalue weighted by molar-refractivity contribution is 7.16. The monoisotopic (exact) mass is 408 g/mol. The highest BCUT2D eigenvalue weighted by atomic mass is 35.5. The molecule has 0 aliphatic carbocycles. The van der Waals surface area contributed by atoms with Crippen molar-refractivity contribution in [2.45, 2.75) is 27.2 Å². The zero-order chi connectivity index (χ0) is 20.0. The average Bonchev–Trinajstić information content (AvgIpc) is 2.89. The van der Waals surface area contributed by atoms with E-state index >= 15 is 0 Å². The van der Waals surface area contributed by atoms with Crippen molar-refractivity contribution >= 4 is 45.7 Å². The van der Waals surface area contributed by atoms with E-state index in [0.29, 0.717) is 21.2 Å². The first-order valence-corrected chi connectivity index (χ1v) is 9.64. The van der Waals surface area contributed by atoms with Crippen LogP contribution < -0.4 is 10.6 Å². The molecular weight excluding hydrogens is 388 g/mol. The Balaban J connectivity index is 1.95. The number of amides is 2. The van der Waals surface area contributed by atoms with Crippen molar-refractivity contribution in [2.75, 3.05) is 18.5 Å². The Kier molecular flexibility index (Phi) is 7.38. The Morgan fingerprint density at radius 3 is 2.56 bits per heavy atom. The molecule has 2 aromatic rings. The van der Waals surface area contributed by atoms with Crippen molar-refractivity contribution in [1.29, 1.82) is 0 Å². The topological polar surface area (TPSA) is 84.5 Å². The number of carbonyl (C=O) groups excluding carboxylic acids is 3. The standard InChI is InChI=1S/C19H21ClN2O4S/c1-4-26-19(25)16-11(2)12(3)27-18(16)22-15(23)9-10-21-17(24)13-7-5-6-8-14(13)20/h5-8H,4,9-10H2,1-3H3,(H,21,24)(H,22,23). The summed E-state index contributed by atoms with van der Waals surface area (Å²) >= 11 is 7.30. The van der Waals surface area contributed by atoms with Gasteiger partial charge in [-0.15, -0.1) is 11.3 Å². The van der Waals surface area contributed by atoms with E-state index in [0.717, 1.165) is 10.4 Å². The first kappa shape index (κ1) is 20.9. The second kappa shape index (κ2) is 9.53. The zero-order valence-electron chi connectivity index (χ0n) is 15.3. The normalized spacial score (nSPS) is 10.4. The Labute approximate surface area is 166 Å². The number of rotatable bonds is 7. The van der Waals surface area contributed by atoms with Gasteiger partial charge in [0.2, 0.25) is 5.91 Å². The molecule has 0 fully saturated rings. The molecule has 1 aromatic carbocycles. The Hall–Kier alpha value is -2.38. The molecule has 8 heteroatoms. The Bertz CT molecular complexity index is 863. The molecule has 1 heterocycles. The summed E-state index contributed by atoms with van der Waals surface area (Å²) in [6, 6.07) is 6.69. The fourth-order valence-corrected chi connectivity index (χ4v) is 3.67. The molecule has 0 radical (unpaired) electrons. The quantitative estimate of drug-likeness (QED) is 0.679. The van der Waals surface area contributed by atoms with E-state index in [1.165, 1.54) is 11.3 Å². The SMILES string of the molecule is CCOC(=O)c1c(NC(=O)CCNC(=O)c2ccccc2Cl)sc(C)c1C. The number of halogens is 1. The lowest BCUT2D eigenvalue weighted by Gasteiger charge is -2.08. The third kappa shape index (κ3) is 5.30. The predicted octanol–water partition coefficient (Wildman–Crippen LogP) is 3.95. The van der Waals surface area contributed by atoms with Crippen molar-refractivity contribution in [3.63, 3.8) is 0 Å². The van der Waals surface area contributed by atoms with Gasteiger partial charge in [0, 0.05) is 17.8 Å². The van der Waals surface area contributed by atoms with E-state index in [1.807, 2.05) is 13.8 Å². The molecule has 0 saturated carbocycles. The maximum atomic E-state index is 12.2. The molecule has 144 valence electrons. The van der Waals surface area contributed by atoms with E-state index in [2.05, 4.69) is 10.6 Å². The largest absolute Gasteiger partial charge is 0.462 e. The Morgan fingerprint density at radius 1 is 1.19 bits per heavy atom. The van der Waals surface area contributed by atoms with E-state index in [9.17, 15) is 14.4 Å². The van der Waals surface area contributed by atoms with Crippen LogP contribution in [0.4, 0.5) is 5.00 Å². The summed E-state index contributed by atoms with van der Waals surface area (Å²) in [6.45, 7) is 5.83. The number of anilines is 1. The highest BCUT2D eigenvalue weighted by Crippen LogP contribution is 2.33. The first-order valence-electron chi connectivity index (χ1n) is 8.44. The third-order valence-corrected chi connectivity index (χ3v) is 5.33. The van der Waals surface area contributed by atoms with Gasteiger partial charge in [-0.05, 0) is 38.5 Å². The van der Waals surface area contributed by atoms with Gasteiger partial charge in [-0.25, -0.2) is 4.79 Å². The average molecular weight is 409 g/mol. The van der Waals surface area contributed by atoms with Crippen LogP contribution in [0.2, 0.25) is 5.02 Å². The Morgan fingerprint density at radius 2 is 1.89 bits per heavy atom. The van der Waals surface area contributed by atoms with Crippen molar-refractivity contribution in [1.82, 2.24) is 5.32 Å². The number of ether oxygens (including phenoxy) is 1. The first-order chi connectivity index (χ1) is 12.8. The van der Waals surface area contributed by atoms with Gasteiger partial charge in [-0.2, -0.15) is 0 Å². The van der Waals surface area contributed by atoms with Crippen LogP contribution in [-0.2, 0) is 9.53 Å². The maximum absolute atomic E-state index is 12.2. The maximum Gasteiger partial charge on any atom is 0.341 e. The number of thiophene rings is 1. The molecule has 2 amide bonds. The van der Waals surface area contributed by atoms with E-state index in [4.69, 9.17) is 16.3 Å². The summed E-state index contributed by atoms with van der Waals surface area (Å²) in [5.41, 5.74) is 1.53. The van der Waals surface area contributed by atoms with Gasteiger partial charge in [0.25, 0.3) is 5.91 Å². The second-order valence-electron chi connectivity index (χ2n) is 5.74. The summed E-state index contributed by atoms with van der Waals surface area (Å²) in [5.74, 6) is -1.11. The van der Waals surface area contributed by atoms with Crippen LogP contribution in [0.15, 0.2) is 24.3 Å². The number of benzene rings is 1. The molecule has 1 aromatic heterocycles. The molecule has 0 unspecified atom stereocenters. The number of carbonyl (C=O) groups is 3. The van der Waals surface area contributed by atoms with E-state index < -0.39 is 5.97 Å². The molecule has 0 aliphatic rings. The van der Waals surface area contributed by atoms with E-state index in [-0.39, 0.29) is 31.4 Å². The number of esters is 1. The summed E-state index contributed by atoms with van der Waals surface area (Å²) in [4.78, 5) is 37.4. The molecule has 0 spiro atoms. The lowest BCUT2D eigenvalue weighted by molar-refractivity contribution is -0.116. The van der Waals surface area contributed by atoms with Crippen LogP contribution in [0.5, 0.6) is 0 Å². The fraction of sp³-hybridized carbons (Fsp3) is 0.316. The number of nitrogens with one attached hydrogen (secondary N) is 2. The minimum Gasteiger partial charge on any atom is -0.462 e. The molecule has 2 rings (SSSR count). The van der Waals surface area contributed by atoms with E-state index in [1.54, 1.807) is 31.2 Å². The van der Waals surface area contributed by atoms with Crippen LogP contribution in [-0.4, -0.2) is 30.9 Å². The number of hydrogen-bond donors (Lipinski definition) is 2. The zero-order valence-corrected chi connectivity index (χ0v) is 16.9. The summed E-state index contributed by atoms with van der Waals surface area (Å²) in [6.07, 6.45) is 0.0639. The van der Waals surface area contributed by atoms with Crippen LogP contribution >= 0.6 is 22.9 Å². The van der Waals surface area contributed by atoms with Gasteiger partial charge >= 0.3 is 5.97 Å². The molecular formula is C19H21ClN2O4S. The minimum atomic E-state index is -0.457. The van der Waals surface area contributed by atoms with Crippen molar-refractivity contribution < 1.29 is 19.1 Å². The molecule has 0 aliphatic heterocycles. The molecule has 27 heavy (non-hydrogen) atoms. The van der Waals surface area contributed by atoms with Crippen molar-refractivity contribution in [2.24, 2.45) is 0 Å². The van der Waals surface area contributed by atoms with Gasteiger partial charge < -0.3 is 15.4 Å². The van der Waals surface area contributed by atoms with Crippen molar-refractivity contribution in [3.05, 3.63) is 50.9 Å². The molecule has 6 nitrogen and oxygen atoms in total.